The Labute approximate surface area is 123 Å². The van der Waals surface area contributed by atoms with Crippen LogP contribution in [0.25, 0.3) is 0 Å². The van der Waals surface area contributed by atoms with E-state index in [1.807, 2.05) is 18.2 Å². The van der Waals surface area contributed by atoms with Crippen LogP contribution in [0.15, 0.2) is 30.3 Å². The molecule has 0 amide bonds. The number of methoxy groups -OCH3 is 2. The first-order valence-electron chi connectivity index (χ1n) is 6.59. The van der Waals surface area contributed by atoms with E-state index in [4.69, 9.17) is 15.2 Å². The fourth-order valence-electron chi connectivity index (χ4n) is 1.86. The minimum absolute atomic E-state index is 0.00390. The van der Waals surface area contributed by atoms with Crippen LogP contribution in [-0.4, -0.2) is 41.8 Å². The third kappa shape index (κ3) is 4.28. The van der Waals surface area contributed by atoms with Gasteiger partial charge in [-0.3, -0.25) is 0 Å². The maximum absolute atomic E-state index is 5.81. The predicted octanol–water partition coefficient (Wildman–Crippen LogP) is 0.871. The first-order chi connectivity index (χ1) is 10.2. The predicted molar refractivity (Wildman–Crippen MR) is 79.5 cm³/mol. The van der Waals surface area contributed by atoms with Gasteiger partial charge in [0, 0.05) is 12.6 Å². The Balaban J connectivity index is 2.11. The molecule has 2 aromatic rings. The molecule has 0 aliphatic carbocycles. The molecular formula is C14H19N5O2. The second kappa shape index (κ2) is 7.39. The summed E-state index contributed by atoms with van der Waals surface area (Å²) >= 11 is 0. The number of anilines is 1. The number of benzene rings is 1. The summed E-state index contributed by atoms with van der Waals surface area (Å²) in [6, 6.07) is 10.5. The van der Waals surface area contributed by atoms with E-state index in [2.05, 4.69) is 32.4 Å². The van der Waals surface area contributed by atoms with Gasteiger partial charge >= 0.3 is 12.0 Å². The number of ether oxygens (including phenoxy) is 2. The quantitative estimate of drug-likeness (QED) is 0.780. The molecule has 0 aliphatic heterocycles. The fourth-order valence-corrected chi connectivity index (χ4v) is 1.86. The van der Waals surface area contributed by atoms with E-state index in [1.165, 1.54) is 19.8 Å². The summed E-state index contributed by atoms with van der Waals surface area (Å²) in [6.07, 6.45) is 0.771. The van der Waals surface area contributed by atoms with Gasteiger partial charge in [-0.1, -0.05) is 30.3 Å². The van der Waals surface area contributed by atoms with Gasteiger partial charge in [0.1, 0.15) is 0 Å². The molecule has 0 spiro atoms. The van der Waals surface area contributed by atoms with Gasteiger partial charge in [0.2, 0.25) is 5.95 Å². The molecule has 0 bridgehead atoms. The van der Waals surface area contributed by atoms with Crippen molar-refractivity contribution in [3.8, 4) is 12.0 Å². The average Bonchev–Trinajstić information content (AvgIpc) is 2.54. The van der Waals surface area contributed by atoms with Crippen LogP contribution in [0.4, 0.5) is 5.95 Å². The van der Waals surface area contributed by atoms with Crippen LogP contribution in [0.5, 0.6) is 12.0 Å². The van der Waals surface area contributed by atoms with E-state index in [9.17, 15) is 0 Å². The number of nitrogens with two attached hydrogens (primary N) is 1. The van der Waals surface area contributed by atoms with E-state index in [-0.39, 0.29) is 18.1 Å². The first-order valence-corrected chi connectivity index (χ1v) is 6.59. The topological polar surface area (TPSA) is 95.2 Å². The summed E-state index contributed by atoms with van der Waals surface area (Å²) in [4.78, 5) is 12.2. The Hall–Kier alpha value is -2.41. The Kier molecular flexibility index (Phi) is 5.28. The number of rotatable bonds is 7. The third-order valence-corrected chi connectivity index (χ3v) is 2.90. The zero-order chi connectivity index (χ0) is 15.1. The maximum Gasteiger partial charge on any atom is 0.324 e. The average molecular weight is 289 g/mol. The molecule has 21 heavy (non-hydrogen) atoms. The summed E-state index contributed by atoms with van der Waals surface area (Å²) in [5, 5.41) is 3.18. The van der Waals surface area contributed by atoms with Crippen LogP contribution < -0.4 is 20.5 Å². The molecular weight excluding hydrogens is 270 g/mol. The molecule has 1 atom stereocenters. The van der Waals surface area contributed by atoms with Gasteiger partial charge in [0.05, 0.1) is 14.2 Å². The lowest BCUT2D eigenvalue weighted by molar-refractivity contribution is 0.341. The first kappa shape index (κ1) is 15.0. The molecule has 1 heterocycles. The van der Waals surface area contributed by atoms with E-state index in [1.54, 1.807) is 0 Å². The zero-order valence-corrected chi connectivity index (χ0v) is 12.1. The molecule has 112 valence electrons. The highest BCUT2D eigenvalue weighted by Gasteiger charge is 2.12. The van der Waals surface area contributed by atoms with E-state index in [0.717, 1.165) is 6.42 Å². The van der Waals surface area contributed by atoms with Crippen LogP contribution in [0.2, 0.25) is 0 Å². The molecule has 0 radical (unpaired) electrons. The number of aromatic nitrogens is 3. The van der Waals surface area contributed by atoms with Crippen molar-refractivity contribution in [3.63, 3.8) is 0 Å². The molecule has 1 unspecified atom stereocenters. The van der Waals surface area contributed by atoms with Crippen molar-refractivity contribution in [2.45, 2.75) is 12.5 Å². The second-order valence-corrected chi connectivity index (χ2v) is 4.40. The van der Waals surface area contributed by atoms with Crippen LogP contribution in [0.3, 0.4) is 0 Å². The van der Waals surface area contributed by atoms with E-state index >= 15 is 0 Å². The normalized spacial score (nSPS) is 11.8. The van der Waals surface area contributed by atoms with Crippen LogP contribution >= 0.6 is 0 Å². The summed E-state index contributed by atoms with van der Waals surface area (Å²) in [6.45, 7) is 0.450. The summed E-state index contributed by atoms with van der Waals surface area (Å²) < 4.78 is 10.0. The van der Waals surface area contributed by atoms with Crippen molar-refractivity contribution < 1.29 is 9.47 Å². The molecule has 7 heteroatoms. The summed E-state index contributed by atoms with van der Waals surface area (Å²) in [5.74, 6) is 0.380. The van der Waals surface area contributed by atoms with Crippen molar-refractivity contribution in [2.75, 3.05) is 26.1 Å². The van der Waals surface area contributed by atoms with Gasteiger partial charge < -0.3 is 20.5 Å². The van der Waals surface area contributed by atoms with Crippen molar-refractivity contribution >= 4 is 5.95 Å². The SMILES string of the molecule is COc1nc(NC(CN)Cc2ccccc2)nc(OC)n1. The smallest absolute Gasteiger partial charge is 0.324 e. The lowest BCUT2D eigenvalue weighted by Crippen LogP contribution is -2.32. The standard InChI is InChI=1S/C14H19N5O2/c1-20-13-17-12(18-14(19-13)21-2)16-11(9-15)8-10-6-4-3-5-7-10/h3-7,11H,8-9,15H2,1-2H3,(H,16,17,18,19). The summed E-state index contributed by atoms with van der Waals surface area (Å²) in [5.41, 5.74) is 7.00. The van der Waals surface area contributed by atoms with Crippen molar-refractivity contribution in [3.05, 3.63) is 35.9 Å². The maximum atomic E-state index is 5.81. The Morgan fingerprint density at radius 1 is 1.05 bits per heavy atom. The molecule has 7 nitrogen and oxygen atoms in total. The van der Waals surface area contributed by atoms with Crippen LogP contribution in [-0.2, 0) is 6.42 Å². The van der Waals surface area contributed by atoms with Gasteiger partial charge in [-0.05, 0) is 12.0 Å². The third-order valence-electron chi connectivity index (χ3n) is 2.90. The molecule has 2 rings (SSSR count). The molecule has 3 N–H and O–H groups in total. The number of nitrogens with one attached hydrogen (secondary N) is 1. The monoisotopic (exact) mass is 289 g/mol. The highest BCUT2D eigenvalue weighted by Crippen LogP contribution is 2.14. The van der Waals surface area contributed by atoms with Crippen LogP contribution in [0.1, 0.15) is 5.56 Å². The lowest BCUT2D eigenvalue weighted by Gasteiger charge is -2.17. The zero-order valence-electron chi connectivity index (χ0n) is 12.1. The van der Waals surface area contributed by atoms with E-state index < -0.39 is 0 Å². The van der Waals surface area contributed by atoms with E-state index in [0.29, 0.717) is 12.5 Å². The molecule has 0 saturated carbocycles. The molecule has 0 saturated heterocycles. The van der Waals surface area contributed by atoms with Crippen molar-refractivity contribution in [1.29, 1.82) is 0 Å². The Morgan fingerprint density at radius 2 is 1.67 bits per heavy atom. The van der Waals surface area contributed by atoms with Crippen molar-refractivity contribution in [2.24, 2.45) is 5.73 Å². The minimum atomic E-state index is 0.00390. The molecule has 1 aromatic heterocycles. The number of hydrogen-bond donors (Lipinski definition) is 2. The van der Waals surface area contributed by atoms with Gasteiger partial charge in [0.15, 0.2) is 0 Å². The van der Waals surface area contributed by atoms with Gasteiger partial charge in [-0.2, -0.15) is 9.97 Å². The number of hydrogen-bond acceptors (Lipinski definition) is 7. The minimum Gasteiger partial charge on any atom is -0.467 e. The second-order valence-electron chi connectivity index (χ2n) is 4.40. The molecule has 0 fully saturated rings. The number of nitrogens with zero attached hydrogens (tertiary/aromatic N) is 3. The molecule has 1 aromatic carbocycles. The highest BCUT2D eigenvalue weighted by atomic mass is 16.5. The van der Waals surface area contributed by atoms with Gasteiger partial charge in [-0.15, -0.1) is 4.98 Å². The highest BCUT2D eigenvalue weighted by molar-refractivity contribution is 5.30. The Bertz CT molecular complexity index is 542. The van der Waals surface area contributed by atoms with Gasteiger partial charge in [0.25, 0.3) is 0 Å². The summed E-state index contributed by atoms with van der Waals surface area (Å²) in [7, 11) is 2.98. The lowest BCUT2D eigenvalue weighted by atomic mass is 10.1. The fraction of sp³-hybridized carbons (Fsp3) is 0.357. The Morgan fingerprint density at radius 3 is 2.19 bits per heavy atom. The largest absolute Gasteiger partial charge is 0.467 e. The van der Waals surface area contributed by atoms with Gasteiger partial charge in [-0.25, -0.2) is 0 Å². The van der Waals surface area contributed by atoms with Crippen molar-refractivity contribution in [1.82, 2.24) is 15.0 Å². The van der Waals surface area contributed by atoms with Crippen LogP contribution in [0, 0.1) is 0 Å². The molecule has 0 aliphatic rings.